The van der Waals surface area contributed by atoms with Crippen molar-refractivity contribution < 1.29 is 0 Å². The molecule has 0 aliphatic rings. The number of aromatic nitrogens is 1. The zero-order valence-electron chi connectivity index (χ0n) is 14.2. The van der Waals surface area contributed by atoms with Crippen molar-refractivity contribution in [3.8, 4) is 19.5 Å². The zero-order valence-corrected chi connectivity index (χ0v) is 17.5. The molecule has 25 heavy (non-hydrogen) atoms. The molecule has 0 aromatic carbocycles. The van der Waals surface area contributed by atoms with Crippen LogP contribution in [-0.4, -0.2) is 4.57 Å². The lowest BCUT2D eigenvalue weighted by molar-refractivity contribution is 0.423. The maximum absolute atomic E-state index is 2.53. The molecular formula is C20H17NS4. The van der Waals surface area contributed by atoms with E-state index < -0.39 is 0 Å². The lowest BCUT2D eigenvalue weighted by Gasteiger charge is -2.23. The van der Waals surface area contributed by atoms with E-state index in [0.29, 0.717) is 0 Å². The van der Waals surface area contributed by atoms with E-state index in [1.54, 1.807) is 0 Å². The second-order valence-corrected chi connectivity index (χ2v) is 11.1. The molecule has 0 amide bonds. The van der Waals surface area contributed by atoms with E-state index in [9.17, 15) is 0 Å². The molecule has 0 radical (unpaired) electrons. The first-order chi connectivity index (χ1) is 12.0. The summed E-state index contributed by atoms with van der Waals surface area (Å²) >= 11 is 7.52. The standard InChI is InChI=1S/C20H17NS4/c1-20(2,3)21-12-10-16(14-6-4-8-22-14)24-18(12)19-13(21)11-17(25-19)15-7-5-9-23-15/h4-11H,1-3H3. The number of nitrogens with zero attached hydrogens (tertiary/aromatic N) is 1. The molecule has 0 saturated heterocycles. The summed E-state index contributed by atoms with van der Waals surface area (Å²) in [7, 11) is 0. The van der Waals surface area contributed by atoms with Gasteiger partial charge in [0.15, 0.2) is 0 Å². The van der Waals surface area contributed by atoms with Gasteiger partial charge in [-0.15, -0.1) is 45.3 Å². The van der Waals surface area contributed by atoms with E-state index in [2.05, 4.69) is 72.5 Å². The van der Waals surface area contributed by atoms with Gasteiger partial charge in [-0.25, -0.2) is 0 Å². The smallest absolute Gasteiger partial charge is 0.0708 e. The average Bonchev–Trinajstić information content (AvgIpc) is 3.31. The van der Waals surface area contributed by atoms with Crippen LogP contribution >= 0.6 is 45.3 Å². The maximum Gasteiger partial charge on any atom is 0.0708 e. The van der Waals surface area contributed by atoms with Gasteiger partial charge in [0.25, 0.3) is 0 Å². The third-order valence-electron chi connectivity index (χ3n) is 4.31. The second-order valence-electron chi connectivity index (χ2n) is 7.11. The van der Waals surface area contributed by atoms with Gasteiger partial charge in [-0.3, -0.25) is 0 Å². The predicted molar refractivity (Wildman–Crippen MR) is 117 cm³/mol. The van der Waals surface area contributed by atoms with E-state index in [1.807, 2.05) is 45.3 Å². The Morgan fingerprint density at radius 1 is 0.720 bits per heavy atom. The summed E-state index contributed by atoms with van der Waals surface area (Å²) in [6, 6.07) is 13.5. The first-order valence-electron chi connectivity index (χ1n) is 8.18. The Bertz CT molecular complexity index is 1070. The van der Waals surface area contributed by atoms with Crippen LogP contribution < -0.4 is 0 Å². The van der Waals surface area contributed by atoms with Crippen molar-refractivity contribution in [1.29, 1.82) is 0 Å². The molecule has 0 aliphatic carbocycles. The first kappa shape index (κ1) is 15.8. The minimum absolute atomic E-state index is 0.0571. The van der Waals surface area contributed by atoms with Crippen LogP contribution in [0, 0.1) is 0 Å². The highest BCUT2D eigenvalue weighted by atomic mass is 32.1. The number of fused-ring (bicyclic) bond motifs is 3. The number of hydrogen-bond acceptors (Lipinski definition) is 4. The van der Waals surface area contributed by atoms with Crippen molar-refractivity contribution >= 4 is 65.8 Å². The molecule has 1 nitrogen and oxygen atoms in total. The third-order valence-corrected chi connectivity index (χ3v) is 8.86. The topological polar surface area (TPSA) is 4.93 Å². The van der Waals surface area contributed by atoms with E-state index in [1.165, 1.54) is 39.9 Å². The molecule has 126 valence electrons. The summed E-state index contributed by atoms with van der Waals surface area (Å²) in [6.45, 7) is 6.91. The van der Waals surface area contributed by atoms with Crippen molar-refractivity contribution in [2.24, 2.45) is 0 Å². The van der Waals surface area contributed by atoms with Crippen LogP contribution in [0.1, 0.15) is 20.8 Å². The van der Waals surface area contributed by atoms with Gasteiger partial charge in [-0.1, -0.05) is 12.1 Å². The molecule has 5 aromatic heterocycles. The number of thiophene rings is 4. The lowest BCUT2D eigenvalue weighted by atomic mass is 10.1. The van der Waals surface area contributed by atoms with Crippen molar-refractivity contribution in [2.75, 3.05) is 0 Å². The summed E-state index contributed by atoms with van der Waals surface area (Å²) in [4.78, 5) is 5.49. The minimum Gasteiger partial charge on any atom is -0.334 e. The second kappa shape index (κ2) is 5.55. The molecule has 0 fully saturated rings. The van der Waals surface area contributed by atoms with Gasteiger partial charge >= 0.3 is 0 Å². The summed E-state index contributed by atoms with van der Waals surface area (Å²) in [5.74, 6) is 0. The molecular weight excluding hydrogens is 382 g/mol. The van der Waals surface area contributed by atoms with E-state index in [0.717, 1.165) is 0 Å². The van der Waals surface area contributed by atoms with Gasteiger partial charge in [-0.05, 0) is 55.8 Å². The lowest BCUT2D eigenvalue weighted by Crippen LogP contribution is -2.20. The van der Waals surface area contributed by atoms with Gasteiger partial charge in [0.2, 0.25) is 0 Å². The summed E-state index contributed by atoms with van der Waals surface area (Å²) in [6.07, 6.45) is 0. The van der Waals surface area contributed by atoms with Crippen molar-refractivity contribution in [1.82, 2.24) is 4.57 Å². The van der Waals surface area contributed by atoms with Crippen molar-refractivity contribution in [3.63, 3.8) is 0 Å². The van der Waals surface area contributed by atoms with Gasteiger partial charge in [0.1, 0.15) is 0 Å². The molecule has 5 heterocycles. The minimum atomic E-state index is 0.0571. The summed E-state index contributed by atoms with van der Waals surface area (Å²) in [5, 5.41) is 4.32. The number of hydrogen-bond donors (Lipinski definition) is 0. The molecule has 0 bridgehead atoms. The molecule has 0 N–H and O–H groups in total. The fraction of sp³-hybridized carbons (Fsp3) is 0.200. The monoisotopic (exact) mass is 399 g/mol. The Kier molecular flexibility index (Phi) is 3.51. The van der Waals surface area contributed by atoms with Crippen molar-refractivity contribution in [3.05, 3.63) is 47.2 Å². The first-order valence-corrected chi connectivity index (χ1v) is 11.6. The molecule has 5 rings (SSSR count). The summed E-state index contributed by atoms with van der Waals surface area (Å²) < 4.78 is 5.39. The molecule has 0 saturated carbocycles. The van der Waals surface area contributed by atoms with Crippen LogP contribution in [0.5, 0.6) is 0 Å². The van der Waals surface area contributed by atoms with E-state index >= 15 is 0 Å². The average molecular weight is 400 g/mol. The fourth-order valence-electron chi connectivity index (χ4n) is 3.35. The Balaban J connectivity index is 1.83. The van der Waals surface area contributed by atoms with Crippen LogP contribution in [0.2, 0.25) is 0 Å². The highest BCUT2D eigenvalue weighted by molar-refractivity contribution is 7.32. The molecule has 5 heteroatoms. The predicted octanol–water partition coefficient (Wildman–Crippen LogP) is 8.13. The Labute approximate surface area is 162 Å². The van der Waals surface area contributed by atoms with Crippen LogP contribution in [-0.2, 0) is 5.54 Å². The SMILES string of the molecule is CC(C)(C)n1c2cc(-c3cccs3)sc2c2sc(-c3cccs3)cc21. The number of rotatable bonds is 2. The van der Waals surface area contributed by atoms with Crippen LogP contribution in [0.4, 0.5) is 0 Å². The van der Waals surface area contributed by atoms with Gasteiger partial charge in [-0.2, -0.15) is 0 Å². The van der Waals surface area contributed by atoms with Crippen molar-refractivity contribution in [2.45, 2.75) is 26.3 Å². The van der Waals surface area contributed by atoms with E-state index in [4.69, 9.17) is 0 Å². The van der Waals surface area contributed by atoms with E-state index in [-0.39, 0.29) is 5.54 Å². The molecule has 0 atom stereocenters. The largest absolute Gasteiger partial charge is 0.334 e. The fourth-order valence-corrected chi connectivity index (χ4v) is 7.44. The molecule has 0 aliphatic heterocycles. The highest BCUT2D eigenvalue weighted by Gasteiger charge is 2.25. The normalized spacial score (nSPS) is 12.6. The zero-order chi connectivity index (χ0) is 17.2. The molecule has 0 spiro atoms. The molecule has 5 aromatic rings. The van der Waals surface area contributed by atoms with Crippen LogP contribution in [0.15, 0.2) is 47.2 Å². The Hall–Kier alpha value is -1.40. The van der Waals surface area contributed by atoms with Gasteiger partial charge in [0.05, 0.1) is 20.4 Å². The summed E-state index contributed by atoms with van der Waals surface area (Å²) in [5.41, 5.74) is 2.81. The van der Waals surface area contributed by atoms with Gasteiger partial charge in [0, 0.05) is 25.0 Å². The Morgan fingerprint density at radius 3 is 1.56 bits per heavy atom. The van der Waals surface area contributed by atoms with Crippen LogP contribution in [0.25, 0.3) is 39.9 Å². The molecule has 0 unspecified atom stereocenters. The highest BCUT2D eigenvalue weighted by Crippen LogP contribution is 2.48. The Morgan fingerprint density at radius 2 is 1.20 bits per heavy atom. The maximum atomic E-state index is 2.53. The van der Waals surface area contributed by atoms with Gasteiger partial charge < -0.3 is 4.57 Å². The van der Waals surface area contributed by atoms with Crippen LogP contribution in [0.3, 0.4) is 0 Å². The third kappa shape index (κ3) is 2.45. The quantitative estimate of drug-likeness (QED) is 0.282.